The van der Waals surface area contributed by atoms with Gasteiger partial charge in [-0.1, -0.05) is 0 Å². The zero-order valence-corrected chi connectivity index (χ0v) is 10.2. The van der Waals surface area contributed by atoms with E-state index in [1.54, 1.807) is 13.2 Å². The van der Waals surface area contributed by atoms with Gasteiger partial charge >= 0.3 is 0 Å². The minimum Gasteiger partial charge on any atom is -0.497 e. The monoisotopic (exact) mass is 229 g/mol. The summed E-state index contributed by atoms with van der Waals surface area (Å²) in [6.45, 7) is 5.16. The molecule has 0 radical (unpaired) electrons. The number of ether oxygens (including phenoxy) is 1. The molecule has 1 aliphatic heterocycles. The summed E-state index contributed by atoms with van der Waals surface area (Å²) in [4.78, 5) is 2.08. The summed E-state index contributed by atoms with van der Waals surface area (Å²) in [6.07, 6.45) is 5.61. The first kappa shape index (κ1) is 13.5. The van der Waals surface area contributed by atoms with Gasteiger partial charge in [-0.3, -0.25) is 4.90 Å². The molecule has 16 heavy (non-hydrogen) atoms. The lowest BCUT2D eigenvalue weighted by Gasteiger charge is -2.32. The summed E-state index contributed by atoms with van der Waals surface area (Å²) in [5, 5.41) is 18.6. The van der Waals surface area contributed by atoms with Crippen LogP contribution < -0.4 is 0 Å². The maximum absolute atomic E-state index is 9.42. The summed E-state index contributed by atoms with van der Waals surface area (Å²) >= 11 is 0. The number of hydrogen-bond acceptors (Lipinski definition) is 4. The van der Waals surface area contributed by atoms with E-state index in [0.29, 0.717) is 6.54 Å². The van der Waals surface area contributed by atoms with Crippen molar-refractivity contribution in [2.75, 3.05) is 19.7 Å². The van der Waals surface area contributed by atoms with E-state index in [0.717, 1.165) is 19.4 Å². The molecule has 4 heteroatoms. The number of aliphatic hydroxyl groups excluding tert-OH is 2. The van der Waals surface area contributed by atoms with Crippen LogP contribution in [0.5, 0.6) is 0 Å². The number of rotatable bonds is 6. The Bertz CT molecular complexity index is 218. The Kier molecular flexibility index (Phi) is 5.80. The highest BCUT2D eigenvalue weighted by molar-refractivity contribution is 4.84. The van der Waals surface area contributed by atoms with Crippen LogP contribution in [0.15, 0.2) is 12.3 Å². The van der Waals surface area contributed by atoms with E-state index in [4.69, 9.17) is 9.84 Å². The van der Waals surface area contributed by atoms with Crippen molar-refractivity contribution in [1.82, 2.24) is 4.90 Å². The molecule has 2 N–H and O–H groups in total. The predicted molar refractivity (Wildman–Crippen MR) is 63.0 cm³/mol. The standard InChI is InChI=1S/C12H23NO3/c1-10(9-14)13(7-11(2)15)8-12-5-3-4-6-16-12/h4,6,10-12,14-15H,3,5,7-9H2,1-2H3/t10-,11-,12-/m0/s1. The van der Waals surface area contributed by atoms with Crippen LogP contribution in [0.25, 0.3) is 0 Å². The number of aliphatic hydroxyl groups is 2. The summed E-state index contributed by atoms with van der Waals surface area (Å²) in [6, 6.07) is 0.0594. The van der Waals surface area contributed by atoms with Crippen molar-refractivity contribution in [2.45, 2.75) is 44.9 Å². The Morgan fingerprint density at radius 2 is 2.25 bits per heavy atom. The van der Waals surface area contributed by atoms with Crippen molar-refractivity contribution in [2.24, 2.45) is 0 Å². The first-order valence-corrected chi connectivity index (χ1v) is 5.97. The molecule has 1 aliphatic rings. The maximum atomic E-state index is 9.42. The Morgan fingerprint density at radius 1 is 1.50 bits per heavy atom. The molecule has 0 fully saturated rings. The van der Waals surface area contributed by atoms with Gasteiger partial charge < -0.3 is 14.9 Å². The Labute approximate surface area is 97.5 Å². The zero-order valence-electron chi connectivity index (χ0n) is 10.2. The molecule has 3 atom stereocenters. The fourth-order valence-corrected chi connectivity index (χ4v) is 1.87. The van der Waals surface area contributed by atoms with E-state index in [2.05, 4.69) is 4.90 Å². The smallest absolute Gasteiger partial charge is 0.111 e. The zero-order chi connectivity index (χ0) is 12.0. The van der Waals surface area contributed by atoms with Gasteiger partial charge in [-0.15, -0.1) is 0 Å². The first-order valence-electron chi connectivity index (χ1n) is 5.97. The third-order valence-corrected chi connectivity index (χ3v) is 2.85. The minimum atomic E-state index is -0.381. The quantitative estimate of drug-likeness (QED) is 0.705. The van der Waals surface area contributed by atoms with Crippen LogP contribution in [0, 0.1) is 0 Å². The minimum absolute atomic E-state index is 0.0594. The molecule has 4 nitrogen and oxygen atoms in total. The average Bonchev–Trinajstić information content (AvgIpc) is 2.28. The maximum Gasteiger partial charge on any atom is 0.111 e. The van der Waals surface area contributed by atoms with Gasteiger partial charge in [-0.25, -0.2) is 0 Å². The Hall–Kier alpha value is -0.580. The van der Waals surface area contributed by atoms with E-state index in [-0.39, 0.29) is 24.9 Å². The second kappa shape index (κ2) is 6.89. The molecule has 1 rings (SSSR count). The predicted octanol–water partition coefficient (Wildman–Crippen LogP) is 0.743. The lowest BCUT2D eigenvalue weighted by Crippen LogP contribution is -2.44. The van der Waals surface area contributed by atoms with Crippen LogP contribution in [0.1, 0.15) is 26.7 Å². The van der Waals surface area contributed by atoms with Gasteiger partial charge in [0.25, 0.3) is 0 Å². The van der Waals surface area contributed by atoms with Crippen LogP contribution in [-0.4, -0.2) is 53.1 Å². The highest BCUT2D eigenvalue weighted by atomic mass is 16.5. The van der Waals surface area contributed by atoms with E-state index in [9.17, 15) is 5.11 Å². The molecule has 0 bridgehead atoms. The molecular formula is C12H23NO3. The molecule has 1 heterocycles. The highest BCUT2D eigenvalue weighted by Gasteiger charge is 2.21. The van der Waals surface area contributed by atoms with Crippen molar-refractivity contribution < 1.29 is 14.9 Å². The van der Waals surface area contributed by atoms with Gasteiger partial charge in [0, 0.05) is 19.1 Å². The topological polar surface area (TPSA) is 52.9 Å². The van der Waals surface area contributed by atoms with Crippen LogP contribution >= 0.6 is 0 Å². The summed E-state index contributed by atoms with van der Waals surface area (Å²) in [7, 11) is 0. The Balaban J connectivity index is 2.45. The summed E-state index contributed by atoms with van der Waals surface area (Å²) in [5.74, 6) is 0. The highest BCUT2D eigenvalue weighted by Crippen LogP contribution is 2.13. The molecular weight excluding hydrogens is 206 g/mol. The first-order chi connectivity index (χ1) is 7.63. The van der Waals surface area contributed by atoms with Crippen LogP contribution in [0.4, 0.5) is 0 Å². The molecule has 0 saturated carbocycles. The van der Waals surface area contributed by atoms with Crippen molar-refractivity contribution in [3.8, 4) is 0 Å². The number of hydrogen-bond donors (Lipinski definition) is 2. The number of nitrogens with zero attached hydrogens (tertiary/aromatic N) is 1. The second-order valence-corrected chi connectivity index (χ2v) is 4.54. The lowest BCUT2D eigenvalue weighted by atomic mass is 10.1. The van der Waals surface area contributed by atoms with Gasteiger partial charge in [-0.2, -0.15) is 0 Å². The largest absolute Gasteiger partial charge is 0.497 e. The normalized spacial score (nSPS) is 24.2. The summed E-state index contributed by atoms with van der Waals surface area (Å²) < 4.78 is 5.50. The molecule has 0 aromatic rings. The van der Waals surface area contributed by atoms with Gasteiger partial charge in [0.2, 0.25) is 0 Å². The third kappa shape index (κ3) is 4.51. The number of allylic oxidation sites excluding steroid dienone is 1. The lowest BCUT2D eigenvalue weighted by molar-refractivity contribution is 0.0253. The average molecular weight is 229 g/mol. The second-order valence-electron chi connectivity index (χ2n) is 4.54. The van der Waals surface area contributed by atoms with Gasteiger partial charge in [0.1, 0.15) is 6.10 Å². The third-order valence-electron chi connectivity index (χ3n) is 2.85. The van der Waals surface area contributed by atoms with Gasteiger partial charge in [0.15, 0.2) is 0 Å². The van der Waals surface area contributed by atoms with E-state index < -0.39 is 0 Å². The fraction of sp³-hybridized carbons (Fsp3) is 0.833. The molecule has 0 aromatic carbocycles. The van der Waals surface area contributed by atoms with E-state index in [1.165, 1.54) is 0 Å². The molecule has 0 aliphatic carbocycles. The van der Waals surface area contributed by atoms with Crippen LogP contribution in [-0.2, 0) is 4.74 Å². The van der Waals surface area contributed by atoms with E-state index in [1.807, 2.05) is 13.0 Å². The SMILES string of the molecule is C[C@H](O)CN(C[C@@H]1CCC=CO1)[C@@H](C)CO. The molecule has 94 valence electrons. The van der Waals surface area contributed by atoms with Crippen molar-refractivity contribution in [3.05, 3.63) is 12.3 Å². The van der Waals surface area contributed by atoms with E-state index >= 15 is 0 Å². The van der Waals surface area contributed by atoms with Gasteiger partial charge in [0.05, 0.1) is 19.0 Å². The van der Waals surface area contributed by atoms with Crippen LogP contribution in [0.3, 0.4) is 0 Å². The Morgan fingerprint density at radius 3 is 2.75 bits per heavy atom. The molecule has 0 amide bonds. The molecule has 0 unspecified atom stereocenters. The van der Waals surface area contributed by atoms with Crippen LogP contribution in [0.2, 0.25) is 0 Å². The molecule has 0 aromatic heterocycles. The summed E-state index contributed by atoms with van der Waals surface area (Å²) in [5.41, 5.74) is 0. The molecule has 0 saturated heterocycles. The van der Waals surface area contributed by atoms with Gasteiger partial charge in [-0.05, 0) is 32.8 Å². The molecule has 0 spiro atoms. The van der Waals surface area contributed by atoms with Crippen molar-refractivity contribution in [3.63, 3.8) is 0 Å². The van der Waals surface area contributed by atoms with Crippen molar-refractivity contribution >= 4 is 0 Å². The van der Waals surface area contributed by atoms with Crippen molar-refractivity contribution in [1.29, 1.82) is 0 Å². The fourth-order valence-electron chi connectivity index (χ4n) is 1.87.